The maximum Gasteiger partial charge on any atom is 0.251 e. The normalized spacial score (nSPS) is 16.6. The largest absolute Gasteiger partial charge is 0.354 e. The molecule has 1 atom stereocenters. The van der Waals surface area contributed by atoms with Crippen molar-refractivity contribution in [3.8, 4) is 0 Å². The number of hydrogen-bond acceptors (Lipinski definition) is 3. The van der Waals surface area contributed by atoms with Crippen molar-refractivity contribution in [1.29, 1.82) is 0 Å². The molecule has 5 nitrogen and oxygen atoms in total. The van der Waals surface area contributed by atoms with Crippen LogP contribution in [0.15, 0.2) is 24.3 Å². The maximum absolute atomic E-state index is 12.6. The van der Waals surface area contributed by atoms with Crippen LogP contribution in [0.25, 0.3) is 0 Å². The number of rotatable bonds is 8. The van der Waals surface area contributed by atoms with Crippen LogP contribution in [0.4, 0.5) is 0 Å². The number of benzene rings is 1. The van der Waals surface area contributed by atoms with Crippen LogP contribution in [-0.2, 0) is 4.79 Å². The highest BCUT2D eigenvalue weighted by molar-refractivity contribution is 6.30. The zero-order valence-corrected chi connectivity index (χ0v) is 17.2. The molecule has 1 aromatic carbocycles. The van der Waals surface area contributed by atoms with Gasteiger partial charge in [-0.1, -0.05) is 38.3 Å². The molecule has 0 saturated carbocycles. The van der Waals surface area contributed by atoms with Gasteiger partial charge in [0.2, 0.25) is 5.91 Å². The highest BCUT2D eigenvalue weighted by Gasteiger charge is 2.24. The number of carbonyl (C=O) groups excluding carboxylic acids is 2. The summed E-state index contributed by atoms with van der Waals surface area (Å²) in [6, 6.07) is 6.11. The molecule has 0 spiro atoms. The smallest absolute Gasteiger partial charge is 0.251 e. The van der Waals surface area contributed by atoms with Gasteiger partial charge in [0.15, 0.2) is 0 Å². The van der Waals surface area contributed by atoms with Crippen LogP contribution in [0, 0.1) is 5.92 Å². The lowest BCUT2D eigenvalue weighted by Gasteiger charge is -2.23. The summed E-state index contributed by atoms with van der Waals surface area (Å²) >= 11 is 5.86. The number of nitrogens with one attached hydrogen (secondary N) is 2. The Morgan fingerprint density at radius 2 is 1.70 bits per heavy atom. The SMILES string of the molecule is CC(C)C(NC(=O)c1ccc(Cl)cc1)C(=O)NCCCN1CCCCCC1. The Morgan fingerprint density at radius 1 is 1.07 bits per heavy atom. The fourth-order valence-electron chi connectivity index (χ4n) is 3.34. The second-order valence-corrected chi connectivity index (χ2v) is 8.04. The number of nitrogens with zero attached hydrogens (tertiary/aromatic N) is 1. The average Bonchev–Trinajstić information content (AvgIpc) is 2.92. The standard InChI is InChI=1S/C21H32ClN3O2/c1-16(2)19(24-20(26)17-8-10-18(22)11-9-17)21(27)23-12-7-15-25-13-5-3-4-6-14-25/h8-11,16,19H,3-7,12-15H2,1-2H3,(H,23,27)(H,24,26). The van der Waals surface area contributed by atoms with Gasteiger partial charge in [0.25, 0.3) is 5.91 Å². The van der Waals surface area contributed by atoms with Gasteiger partial charge >= 0.3 is 0 Å². The molecular formula is C21H32ClN3O2. The van der Waals surface area contributed by atoms with E-state index in [0.717, 1.165) is 13.0 Å². The molecule has 1 saturated heterocycles. The van der Waals surface area contributed by atoms with Gasteiger partial charge in [-0.05, 0) is 69.1 Å². The van der Waals surface area contributed by atoms with E-state index in [4.69, 9.17) is 11.6 Å². The van der Waals surface area contributed by atoms with Crippen LogP contribution >= 0.6 is 11.6 Å². The minimum atomic E-state index is -0.550. The van der Waals surface area contributed by atoms with Crippen molar-refractivity contribution in [1.82, 2.24) is 15.5 Å². The van der Waals surface area contributed by atoms with E-state index in [-0.39, 0.29) is 17.7 Å². The van der Waals surface area contributed by atoms with E-state index in [9.17, 15) is 9.59 Å². The van der Waals surface area contributed by atoms with Crippen molar-refractivity contribution < 1.29 is 9.59 Å². The minimum absolute atomic E-state index is 0.00635. The van der Waals surface area contributed by atoms with Crippen LogP contribution in [0.3, 0.4) is 0 Å². The lowest BCUT2D eigenvalue weighted by Crippen LogP contribution is -2.50. The monoisotopic (exact) mass is 393 g/mol. The van der Waals surface area contributed by atoms with Crippen molar-refractivity contribution in [2.24, 2.45) is 5.92 Å². The predicted molar refractivity (Wildman–Crippen MR) is 110 cm³/mol. The first-order chi connectivity index (χ1) is 13.0. The van der Waals surface area contributed by atoms with Crippen LogP contribution in [0.2, 0.25) is 5.02 Å². The third kappa shape index (κ3) is 7.51. The zero-order chi connectivity index (χ0) is 19.6. The molecule has 2 rings (SSSR count). The summed E-state index contributed by atoms with van der Waals surface area (Å²) in [6.45, 7) is 7.85. The molecule has 1 heterocycles. The molecule has 1 unspecified atom stereocenters. The molecule has 27 heavy (non-hydrogen) atoms. The van der Waals surface area contributed by atoms with Gasteiger partial charge in [-0.15, -0.1) is 0 Å². The number of halogens is 1. The van der Waals surface area contributed by atoms with Gasteiger partial charge in [0, 0.05) is 17.1 Å². The molecule has 0 aromatic heterocycles. The summed E-state index contributed by atoms with van der Waals surface area (Å²) in [5.41, 5.74) is 0.499. The Bertz CT molecular complexity index is 596. The number of likely N-dealkylation sites (tertiary alicyclic amines) is 1. The van der Waals surface area contributed by atoms with Gasteiger partial charge in [-0.25, -0.2) is 0 Å². The van der Waals surface area contributed by atoms with Gasteiger partial charge in [-0.3, -0.25) is 9.59 Å². The average molecular weight is 394 g/mol. The molecule has 0 aliphatic carbocycles. The first-order valence-corrected chi connectivity index (χ1v) is 10.4. The van der Waals surface area contributed by atoms with Crippen molar-refractivity contribution in [3.05, 3.63) is 34.9 Å². The van der Waals surface area contributed by atoms with E-state index < -0.39 is 6.04 Å². The third-order valence-corrected chi connectivity index (χ3v) is 5.24. The molecule has 2 N–H and O–H groups in total. The van der Waals surface area contributed by atoms with Crippen LogP contribution < -0.4 is 10.6 Å². The van der Waals surface area contributed by atoms with Gasteiger partial charge in [0.05, 0.1) is 0 Å². The molecule has 150 valence electrons. The highest BCUT2D eigenvalue weighted by atomic mass is 35.5. The third-order valence-electron chi connectivity index (χ3n) is 4.99. The molecule has 0 bridgehead atoms. The van der Waals surface area contributed by atoms with E-state index in [1.54, 1.807) is 24.3 Å². The summed E-state index contributed by atoms with van der Waals surface area (Å²) in [5, 5.41) is 6.41. The van der Waals surface area contributed by atoms with Crippen molar-refractivity contribution in [2.75, 3.05) is 26.2 Å². The summed E-state index contributed by atoms with van der Waals surface area (Å²) in [5.74, 6) is -0.375. The minimum Gasteiger partial charge on any atom is -0.354 e. The number of hydrogen-bond donors (Lipinski definition) is 2. The fourth-order valence-corrected chi connectivity index (χ4v) is 3.47. The first-order valence-electron chi connectivity index (χ1n) is 10.0. The molecule has 1 aliphatic heterocycles. The van der Waals surface area contributed by atoms with E-state index in [1.165, 1.54) is 38.8 Å². The van der Waals surface area contributed by atoms with Crippen LogP contribution in [0.1, 0.15) is 56.3 Å². The molecule has 1 aromatic rings. The molecule has 2 amide bonds. The fraction of sp³-hybridized carbons (Fsp3) is 0.619. The Labute approximate surface area is 167 Å². The van der Waals surface area contributed by atoms with Crippen molar-refractivity contribution in [3.63, 3.8) is 0 Å². The quantitative estimate of drug-likeness (QED) is 0.665. The van der Waals surface area contributed by atoms with E-state index in [1.807, 2.05) is 13.8 Å². The van der Waals surface area contributed by atoms with Gasteiger partial charge in [-0.2, -0.15) is 0 Å². The summed E-state index contributed by atoms with van der Waals surface area (Å²) in [4.78, 5) is 27.4. The molecule has 0 radical (unpaired) electrons. The molecule has 1 aliphatic rings. The maximum atomic E-state index is 12.6. The van der Waals surface area contributed by atoms with Crippen LogP contribution in [0.5, 0.6) is 0 Å². The molecule has 1 fully saturated rings. The molecule has 6 heteroatoms. The Hall–Kier alpha value is -1.59. The summed E-state index contributed by atoms with van der Waals surface area (Å²) < 4.78 is 0. The Morgan fingerprint density at radius 3 is 2.30 bits per heavy atom. The number of amides is 2. The predicted octanol–water partition coefficient (Wildman–Crippen LogP) is 3.48. The molecular weight excluding hydrogens is 362 g/mol. The van der Waals surface area contributed by atoms with Crippen molar-refractivity contribution >= 4 is 23.4 Å². The highest BCUT2D eigenvalue weighted by Crippen LogP contribution is 2.11. The van der Waals surface area contributed by atoms with E-state index >= 15 is 0 Å². The lowest BCUT2D eigenvalue weighted by molar-refractivity contribution is -0.123. The van der Waals surface area contributed by atoms with Crippen molar-refractivity contribution in [2.45, 2.75) is 52.0 Å². The lowest BCUT2D eigenvalue weighted by atomic mass is 10.0. The summed E-state index contributed by atoms with van der Waals surface area (Å²) in [6.07, 6.45) is 6.14. The Balaban J connectivity index is 1.78. The Kier molecular flexibility index (Phi) is 9.08. The first kappa shape index (κ1) is 21.7. The van der Waals surface area contributed by atoms with E-state index in [2.05, 4.69) is 15.5 Å². The summed E-state index contributed by atoms with van der Waals surface area (Å²) in [7, 11) is 0. The topological polar surface area (TPSA) is 61.4 Å². The van der Waals surface area contributed by atoms with Crippen LogP contribution in [-0.4, -0.2) is 48.9 Å². The van der Waals surface area contributed by atoms with Gasteiger partial charge in [0.1, 0.15) is 6.04 Å². The second kappa shape index (κ2) is 11.3. The van der Waals surface area contributed by atoms with Gasteiger partial charge < -0.3 is 15.5 Å². The second-order valence-electron chi connectivity index (χ2n) is 7.60. The zero-order valence-electron chi connectivity index (χ0n) is 16.5. The number of carbonyl (C=O) groups is 2. The van der Waals surface area contributed by atoms with E-state index in [0.29, 0.717) is 17.1 Å².